The number of rotatable bonds is 6. The van der Waals surface area contributed by atoms with Crippen LogP contribution in [0.25, 0.3) is 11.0 Å². The number of aromatic amines is 1. The van der Waals surface area contributed by atoms with Crippen LogP contribution in [0.1, 0.15) is 66.6 Å². The van der Waals surface area contributed by atoms with Gasteiger partial charge in [-0.2, -0.15) is 0 Å². The number of hydrogen-bond donors (Lipinski definition) is 1. The third kappa shape index (κ3) is 4.41. The minimum atomic E-state index is -0.563. The van der Waals surface area contributed by atoms with E-state index in [2.05, 4.69) is 9.97 Å². The molecule has 0 atom stereocenters. The standard InChI is InChI=1S/C26H29FN4O3/c1-2-10-31-23-22(24(32)29-26(31)34)20(15-21(28-23)18-6-7-18)25(33)30-11-8-16(9-12-30)13-17-4-3-5-19(27)14-17/h3-5,14-16,18H,2,6-13H2,1H3,(H,29,32,34). The first-order valence-corrected chi connectivity index (χ1v) is 12.2. The summed E-state index contributed by atoms with van der Waals surface area (Å²) in [5, 5.41) is 0.198. The van der Waals surface area contributed by atoms with E-state index in [1.54, 1.807) is 23.1 Å². The van der Waals surface area contributed by atoms with E-state index in [4.69, 9.17) is 0 Å². The molecule has 0 spiro atoms. The smallest absolute Gasteiger partial charge is 0.329 e. The van der Waals surface area contributed by atoms with Crippen molar-refractivity contribution in [3.05, 3.63) is 73.8 Å². The van der Waals surface area contributed by atoms with Crippen LogP contribution in [-0.2, 0) is 13.0 Å². The molecule has 178 valence electrons. The molecule has 2 aliphatic rings. The van der Waals surface area contributed by atoms with Crippen LogP contribution >= 0.6 is 0 Å². The van der Waals surface area contributed by atoms with Crippen molar-refractivity contribution < 1.29 is 9.18 Å². The molecule has 1 amide bonds. The van der Waals surface area contributed by atoms with Crippen molar-refractivity contribution in [2.24, 2.45) is 5.92 Å². The van der Waals surface area contributed by atoms with Gasteiger partial charge in [0.1, 0.15) is 5.82 Å². The molecule has 0 bridgehead atoms. The third-order valence-corrected chi connectivity index (χ3v) is 6.96. The number of fused-ring (bicyclic) bond motifs is 1. The van der Waals surface area contributed by atoms with E-state index in [0.29, 0.717) is 43.2 Å². The molecular formula is C26H29FN4O3. The molecule has 34 heavy (non-hydrogen) atoms. The third-order valence-electron chi connectivity index (χ3n) is 6.96. The molecule has 8 heteroatoms. The van der Waals surface area contributed by atoms with Crippen molar-refractivity contribution in [2.45, 2.75) is 57.9 Å². The lowest BCUT2D eigenvalue weighted by atomic mass is 9.90. The molecule has 3 heterocycles. The van der Waals surface area contributed by atoms with Crippen molar-refractivity contribution >= 4 is 16.9 Å². The number of aromatic nitrogens is 3. The molecule has 1 aliphatic heterocycles. The lowest BCUT2D eigenvalue weighted by molar-refractivity contribution is 0.0692. The van der Waals surface area contributed by atoms with Crippen LogP contribution in [0.15, 0.2) is 39.9 Å². The fourth-order valence-corrected chi connectivity index (χ4v) is 4.99. The Balaban J connectivity index is 1.43. The molecule has 3 aromatic rings. The average Bonchev–Trinajstić information content (AvgIpc) is 3.67. The molecule has 1 aliphatic carbocycles. The van der Waals surface area contributed by atoms with E-state index in [-0.39, 0.29) is 23.0 Å². The van der Waals surface area contributed by atoms with E-state index >= 15 is 0 Å². The summed E-state index contributed by atoms with van der Waals surface area (Å²) in [5.74, 6) is 0.233. The highest BCUT2D eigenvalue weighted by atomic mass is 19.1. The van der Waals surface area contributed by atoms with Gasteiger partial charge >= 0.3 is 5.69 Å². The van der Waals surface area contributed by atoms with Gasteiger partial charge < -0.3 is 4.90 Å². The second kappa shape index (κ2) is 9.16. The predicted molar refractivity (Wildman–Crippen MR) is 128 cm³/mol. The van der Waals surface area contributed by atoms with E-state index < -0.39 is 11.2 Å². The highest BCUT2D eigenvalue weighted by molar-refractivity contribution is 6.05. The van der Waals surface area contributed by atoms with Gasteiger partial charge in [0.05, 0.1) is 10.9 Å². The second-order valence-corrected chi connectivity index (χ2v) is 9.55. The van der Waals surface area contributed by atoms with Crippen LogP contribution in [0.5, 0.6) is 0 Å². The molecule has 1 saturated carbocycles. The van der Waals surface area contributed by atoms with Crippen molar-refractivity contribution in [2.75, 3.05) is 13.1 Å². The number of carbonyl (C=O) groups is 1. The first kappa shape index (κ1) is 22.5. The summed E-state index contributed by atoms with van der Waals surface area (Å²) in [6, 6.07) is 8.44. The Hall–Kier alpha value is -3.29. The zero-order chi connectivity index (χ0) is 23.8. The number of pyridine rings is 1. The van der Waals surface area contributed by atoms with Crippen molar-refractivity contribution in [1.29, 1.82) is 0 Å². The molecular weight excluding hydrogens is 435 g/mol. The number of piperidine rings is 1. The number of hydrogen-bond acceptors (Lipinski definition) is 4. The van der Waals surface area contributed by atoms with Crippen molar-refractivity contribution in [3.8, 4) is 0 Å². The van der Waals surface area contributed by atoms with Gasteiger partial charge in [0, 0.05) is 31.2 Å². The second-order valence-electron chi connectivity index (χ2n) is 9.55. The summed E-state index contributed by atoms with van der Waals surface area (Å²) >= 11 is 0. The van der Waals surface area contributed by atoms with Crippen LogP contribution in [0, 0.1) is 11.7 Å². The maximum absolute atomic E-state index is 13.6. The molecule has 7 nitrogen and oxygen atoms in total. The summed E-state index contributed by atoms with van der Waals surface area (Å²) in [6.07, 6.45) is 5.12. The summed E-state index contributed by atoms with van der Waals surface area (Å²) < 4.78 is 15.0. The number of benzene rings is 1. The Bertz CT molecular complexity index is 1350. The fraction of sp³-hybridized carbons (Fsp3) is 0.462. The minimum Gasteiger partial charge on any atom is -0.339 e. The number of H-pyrrole nitrogens is 1. The average molecular weight is 465 g/mol. The number of nitrogens with one attached hydrogen (secondary N) is 1. The van der Waals surface area contributed by atoms with E-state index in [1.807, 2.05) is 13.0 Å². The Morgan fingerprint density at radius 2 is 1.91 bits per heavy atom. The summed E-state index contributed by atoms with van der Waals surface area (Å²) in [5.41, 5.74) is 1.35. The van der Waals surface area contributed by atoms with Crippen LogP contribution in [0.3, 0.4) is 0 Å². The maximum Gasteiger partial charge on any atom is 0.329 e. The van der Waals surface area contributed by atoms with Gasteiger partial charge in [-0.05, 0) is 68.2 Å². The Morgan fingerprint density at radius 1 is 1.15 bits per heavy atom. The van der Waals surface area contributed by atoms with Gasteiger partial charge in [-0.15, -0.1) is 0 Å². The molecule has 2 aromatic heterocycles. The lowest BCUT2D eigenvalue weighted by Crippen LogP contribution is -2.40. The molecule has 1 saturated heterocycles. The number of aryl methyl sites for hydroxylation is 1. The van der Waals surface area contributed by atoms with E-state index in [9.17, 15) is 18.8 Å². The first-order chi connectivity index (χ1) is 16.4. The van der Waals surface area contributed by atoms with Crippen LogP contribution in [0.2, 0.25) is 0 Å². The normalized spacial score (nSPS) is 16.8. The Labute approximate surface area is 196 Å². The maximum atomic E-state index is 13.6. The molecule has 1 aromatic carbocycles. The lowest BCUT2D eigenvalue weighted by Gasteiger charge is -2.32. The number of carbonyl (C=O) groups excluding carboxylic acids is 1. The molecule has 2 fully saturated rings. The SMILES string of the molecule is CCCn1c(=O)[nH]c(=O)c2c(C(=O)N3CCC(Cc4cccc(F)c4)CC3)cc(C3CC3)nc21. The molecule has 1 N–H and O–H groups in total. The van der Waals surface area contributed by atoms with E-state index in [0.717, 1.165) is 43.4 Å². The van der Waals surface area contributed by atoms with Crippen molar-refractivity contribution in [1.82, 2.24) is 19.4 Å². The van der Waals surface area contributed by atoms with Gasteiger partial charge in [0.25, 0.3) is 11.5 Å². The minimum absolute atomic E-state index is 0.189. The Morgan fingerprint density at radius 3 is 2.59 bits per heavy atom. The van der Waals surface area contributed by atoms with Gasteiger partial charge in [-0.3, -0.25) is 19.1 Å². The molecule has 5 rings (SSSR count). The number of amides is 1. The fourth-order valence-electron chi connectivity index (χ4n) is 4.99. The monoisotopic (exact) mass is 464 g/mol. The van der Waals surface area contributed by atoms with E-state index in [1.165, 1.54) is 10.6 Å². The highest BCUT2D eigenvalue weighted by Crippen LogP contribution is 2.40. The van der Waals surface area contributed by atoms with Crippen LogP contribution in [-0.4, -0.2) is 38.4 Å². The summed E-state index contributed by atoms with van der Waals surface area (Å²) in [7, 11) is 0. The quantitative estimate of drug-likeness (QED) is 0.604. The number of nitrogens with zero attached hydrogens (tertiary/aromatic N) is 3. The van der Waals surface area contributed by atoms with Crippen LogP contribution in [0.4, 0.5) is 4.39 Å². The molecule has 0 radical (unpaired) electrons. The van der Waals surface area contributed by atoms with Gasteiger partial charge in [-0.25, -0.2) is 14.2 Å². The van der Waals surface area contributed by atoms with Crippen molar-refractivity contribution in [3.63, 3.8) is 0 Å². The topological polar surface area (TPSA) is 88.1 Å². The highest BCUT2D eigenvalue weighted by Gasteiger charge is 2.31. The molecule has 0 unspecified atom stereocenters. The summed E-state index contributed by atoms with van der Waals surface area (Å²) in [6.45, 7) is 3.53. The predicted octanol–water partition coefficient (Wildman–Crippen LogP) is 3.61. The largest absolute Gasteiger partial charge is 0.339 e. The number of likely N-dealkylation sites (tertiary alicyclic amines) is 1. The van der Waals surface area contributed by atoms with Crippen LogP contribution < -0.4 is 11.2 Å². The number of halogens is 1. The zero-order valence-corrected chi connectivity index (χ0v) is 19.3. The first-order valence-electron chi connectivity index (χ1n) is 12.2. The van der Waals surface area contributed by atoms with Gasteiger partial charge in [0.2, 0.25) is 0 Å². The Kier molecular flexibility index (Phi) is 6.06. The zero-order valence-electron chi connectivity index (χ0n) is 19.3. The van der Waals surface area contributed by atoms with Gasteiger partial charge in [-0.1, -0.05) is 19.1 Å². The van der Waals surface area contributed by atoms with Gasteiger partial charge in [0.15, 0.2) is 5.65 Å². The summed E-state index contributed by atoms with van der Waals surface area (Å²) in [4.78, 5) is 47.8.